The standard InChI is InChI=1S/C22H21N3O3/c1-14-3-2-4-17(11-14)22(26)25-12-19(13-25)27-18-9-7-15(8-10-18)20-23-21(28-24-20)16-5-6-16/h2-4,7-11,16,19H,5-6,12-13H2,1H3. The first-order chi connectivity index (χ1) is 13.7. The fourth-order valence-electron chi connectivity index (χ4n) is 3.36. The van der Waals surface area contributed by atoms with Gasteiger partial charge in [0.2, 0.25) is 11.7 Å². The van der Waals surface area contributed by atoms with E-state index in [1.165, 1.54) is 0 Å². The molecule has 1 aromatic heterocycles. The van der Waals surface area contributed by atoms with Crippen LogP contribution in [0.5, 0.6) is 5.75 Å². The minimum Gasteiger partial charge on any atom is -0.487 e. The second-order valence-electron chi connectivity index (χ2n) is 7.57. The molecule has 6 nitrogen and oxygen atoms in total. The van der Waals surface area contributed by atoms with Crippen LogP contribution in [0.1, 0.15) is 40.6 Å². The average molecular weight is 375 g/mol. The van der Waals surface area contributed by atoms with Crippen LogP contribution in [-0.2, 0) is 0 Å². The smallest absolute Gasteiger partial charge is 0.254 e. The van der Waals surface area contributed by atoms with Crippen LogP contribution < -0.4 is 4.74 Å². The zero-order valence-corrected chi connectivity index (χ0v) is 15.7. The van der Waals surface area contributed by atoms with Gasteiger partial charge in [-0.05, 0) is 56.2 Å². The molecule has 1 aliphatic carbocycles. The number of benzene rings is 2. The Morgan fingerprint density at radius 2 is 1.93 bits per heavy atom. The zero-order valence-electron chi connectivity index (χ0n) is 15.7. The molecule has 2 aliphatic rings. The Morgan fingerprint density at radius 1 is 1.14 bits per heavy atom. The lowest BCUT2D eigenvalue weighted by Crippen LogP contribution is -2.56. The van der Waals surface area contributed by atoms with Crippen molar-refractivity contribution in [2.24, 2.45) is 0 Å². The van der Waals surface area contributed by atoms with Gasteiger partial charge in [0.15, 0.2) is 0 Å². The van der Waals surface area contributed by atoms with Crippen molar-refractivity contribution < 1.29 is 14.1 Å². The van der Waals surface area contributed by atoms with Gasteiger partial charge in [0, 0.05) is 17.0 Å². The summed E-state index contributed by atoms with van der Waals surface area (Å²) < 4.78 is 11.3. The first-order valence-electron chi connectivity index (χ1n) is 9.62. The number of amides is 1. The molecule has 5 rings (SSSR count). The number of nitrogens with zero attached hydrogens (tertiary/aromatic N) is 3. The van der Waals surface area contributed by atoms with Crippen molar-refractivity contribution in [1.29, 1.82) is 0 Å². The van der Waals surface area contributed by atoms with Crippen molar-refractivity contribution >= 4 is 5.91 Å². The number of carbonyl (C=O) groups is 1. The van der Waals surface area contributed by atoms with Gasteiger partial charge in [0.05, 0.1) is 13.1 Å². The summed E-state index contributed by atoms with van der Waals surface area (Å²) in [6.07, 6.45) is 2.30. The van der Waals surface area contributed by atoms with Gasteiger partial charge in [-0.2, -0.15) is 4.98 Å². The summed E-state index contributed by atoms with van der Waals surface area (Å²) >= 11 is 0. The van der Waals surface area contributed by atoms with Gasteiger partial charge < -0.3 is 14.2 Å². The largest absolute Gasteiger partial charge is 0.487 e. The predicted octanol–water partition coefficient (Wildman–Crippen LogP) is 3.83. The van der Waals surface area contributed by atoms with Crippen molar-refractivity contribution in [3.8, 4) is 17.1 Å². The number of likely N-dealkylation sites (tertiary alicyclic amines) is 1. The van der Waals surface area contributed by atoms with E-state index in [0.717, 1.165) is 41.2 Å². The monoisotopic (exact) mass is 375 g/mol. The summed E-state index contributed by atoms with van der Waals surface area (Å²) in [5.41, 5.74) is 2.73. The summed E-state index contributed by atoms with van der Waals surface area (Å²) in [5, 5.41) is 4.06. The third-order valence-corrected chi connectivity index (χ3v) is 5.18. The van der Waals surface area contributed by atoms with Crippen LogP contribution in [-0.4, -0.2) is 40.1 Å². The molecule has 1 amide bonds. The fourth-order valence-corrected chi connectivity index (χ4v) is 3.36. The molecule has 2 aromatic carbocycles. The number of rotatable bonds is 5. The Balaban J connectivity index is 1.17. The van der Waals surface area contributed by atoms with E-state index >= 15 is 0 Å². The molecule has 28 heavy (non-hydrogen) atoms. The molecular formula is C22H21N3O3. The number of aryl methyl sites for hydroxylation is 1. The number of aromatic nitrogens is 2. The molecular weight excluding hydrogens is 354 g/mol. The van der Waals surface area contributed by atoms with Crippen LogP contribution in [0.4, 0.5) is 0 Å². The molecule has 2 heterocycles. The SMILES string of the molecule is Cc1cccc(C(=O)N2CC(Oc3ccc(-c4noc(C5CC5)n4)cc3)C2)c1. The van der Waals surface area contributed by atoms with Crippen LogP contribution in [0, 0.1) is 6.92 Å². The van der Waals surface area contributed by atoms with E-state index in [4.69, 9.17) is 9.26 Å². The molecule has 3 aromatic rings. The highest BCUT2D eigenvalue weighted by molar-refractivity contribution is 5.95. The molecule has 6 heteroatoms. The van der Waals surface area contributed by atoms with Crippen molar-refractivity contribution in [3.05, 3.63) is 65.5 Å². The summed E-state index contributed by atoms with van der Waals surface area (Å²) in [4.78, 5) is 18.8. The van der Waals surface area contributed by atoms with E-state index in [2.05, 4.69) is 10.1 Å². The Morgan fingerprint density at radius 3 is 2.64 bits per heavy atom. The summed E-state index contributed by atoms with van der Waals surface area (Å²) in [7, 11) is 0. The van der Waals surface area contributed by atoms with Gasteiger partial charge in [-0.15, -0.1) is 0 Å². The van der Waals surface area contributed by atoms with Crippen LogP contribution in [0.3, 0.4) is 0 Å². The second-order valence-corrected chi connectivity index (χ2v) is 7.57. The molecule has 0 radical (unpaired) electrons. The normalized spacial score (nSPS) is 16.7. The summed E-state index contributed by atoms with van der Waals surface area (Å²) in [5.74, 6) is 2.65. The molecule has 2 fully saturated rings. The van der Waals surface area contributed by atoms with Crippen LogP contribution in [0.15, 0.2) is 53.1 Å². The molecule has 1 saturated heterocycles. The van der Waals surface area contributed by atoms with Crippen LogP contribution in [0.25, 0.3) is 11.4 Å². The maximum atomic E-state index is 12.5. The van der Waals surface area contributed by atoms with Crippen LogP contribution in [0.2, 0.25) is 0 Å². The first-order valence-corrected chi connectivity index (χ1v) is 9.62. The molecule has 142 valence electrons. The highest BCUT2D eigenvalue weighted by atomic mass is 16.5. The van der Waals surface area contributed by atoms with Gasteiger partial charge in [0.25, 0.3) is 5.91 Å². The lowest BCUT2D eigenvalue weighted by Gasteiger charge is -2.39. The molecule has 0 spiro atoms. The van der Waals surface area contributed by atoms with E-state index in [-0.39, 0.29) is 12.0 Å². The minimum atomic E-state index is 0.0197. The zero-order chi connectivity index (χ0) is 19.1. The quantitative estimate of drug-likeness (QED) is 0.678. The number of ether oxygens (including phenoxy) is 1. The van der Waals surface area contributed by atoms with E-state index in [0.29, 0.717) is 24.8 Å². The third-order valence-electron chi connectivity index (χ3n) is 5.18. The van der Waals surface area contributed by atoms with E-state index in [9.17, 15) is 4.79 Å². The molecule has 0 atom stereocenters. The number of hydrogen-bond acceptors (Lipinski definition) is 5. The van der Waals surface area contributed by atoms with Crippen LogP contribution >= 0.6 is 0 Å². The van der Waals surface area contributed by atoms with Gasteiger partial charge in [-0.1, -0.05) is 22.9 Å². The fraction of sp³-hybridized carbons (Fsp3) is 0.318. The lowest BCUT2D eigenvalue weighted by molar-refractivity contribution is 0.0178. The van der Waals surface area contributed by atoms with E-state index in [1.54, 1.807) is 0 Å². The van der Waals surface area contributed by atoms with Crippen molar-refractivity contribution in [1.82, 2.24) is 15.0 Å². The van der Waals surface area contributed by atoms with Crippen molar-refractivity contribution in [3.63, 3.8) is 0 Å². The molecule has 0 unspecified atom stereocenters. The summed E-state index contributed by atoms with van der Waals surface area (Å²) in [6.45, 7) is 3.19. The molecule has 0 N–H and O–H groups in total. The molecule has 0 bridgehead atoms. The highest BCUT2D eigenvalue weighted by Gasteiger charge is 2.33. The maximum Gasteiger partial charge on any atom is 0.254 e. The maximum absolute atomic E-state index is 12.5. The lowest BCUT2D eigenvalue weighted by atomic mass is 10.1. The Kier molecular flexibility index (Phi) is 4.11. The number of hydrogen-bond donors (Lipinski definition) is 0. The molecule has 1 saturated carbocycles. The first kappa shape index (κ1) is 17.0. The van der Waals surface area contributed by atoms with Gasteiger partial charge in [0.1, 0.15) is 11.9 Å². The van der Waals surface area contributed by atoms with Crippen molar-refractivity contribution in [2.75, 3.05) is 13.1 Å². The topological polar surface area (TPSA) is 68.5 Å². The highest BCUT2D eigenvalue weighted by Crippen LogP contribution is 2.39. The third kappa shape index (κ3) is 3.38. The Bertz CT molecular complexity index is 1000. The van der Waals surface area contributed by atoms with Gasteiger partial charge in [-0.25, -0.2) is 0 Å². The van der Waals surface area contributed by atoms with Gasteiger partial charge in [-0.3, -0.25) is 4.79 Å². The average Bonchev–Trinajstić information content (AvgIpc) is 3.41. The summed E-state index contributed by atoms with van der Waals surface area (Å²) in [6, 6.07) is 15.4. The van der Waals surface area contributed by atoms with Crippen molar-refractivity contribution in [2.45, 2.75) is 31.8 Å². The second kappa shape index (κ2) is 6.78. The predicted molar refractivity (Wildman–Crippen MR) is 103 cm³/mol. The number of carbonyl (C=O) groups excluding carboxylic acids is 1. The Labute approximate surface area is 163 Å². The van der Waals surface area contributed by atoms with E-state index < -0.39 is 0 Å². The van der Waals surface area contributed by atoms with Gasteiger partial charge >= 0.3 is 0 Å². The van der Waals surface area contributed by atoms with E-state index in [1.807, 2.05) is 60.4 Å². The minimum absolute atomic E-state index is 0.0197. The molecule has 1 aliphatic heterocycles. The Hall–Kier alpha value is -3.15.